The third-order valence-electron chi connectivity index (χ3n) is 6.68. The lowest BCUT2D eigenvalue weighted by atomic mass is 9.54. The number of hydrogen-bond donors (Lipinski definition) is 1. The summed E-state index contributed by atoms with van der Waals surface area (Å²) in [4.78, 5) is 16.7. The summed E-state index contributed by atoms with van der Waals surface area (Å²) in [7, 11) is 5.70. The fourth-order valence-electron chi connectivity index (χ4n) is 5.33. The summed E-state index contributed by atoms with van der Waals surface area (Å²) in [5, 5.41) is 2.80. The molecule has 0 unspecified atom stereocenters. The maximum atomic E-state index is 12.2. The summed E-state index contributed by atoms with van der Waals surface area (Å²) in [6.45, 7) is 2.83. The highest BCUT2D eigenvalue weighted by Gasteiger charge is 2.55. The molecule has 0 saturated carbocycles. The van der Waals surface area contributed by atoms with E-state index in [4.69, 9.17) is 4.74 Å². The predicted octanol–water partition coefficient (Wildman–Crippen LogP) is 1.85. The van der Waals surface area contributed by atoms with Gasteiger partial charge in [0.25, 0.3) is 0 Å². The summed E-state index contributed by atoms with van der Waals surface area (Å²) < 4.78 is 5.51. The first-order valence-electron chi connectivity index (χ1n) is 8.93. The van der Waals surface area contributed by atoms with Crippen LogP contribution in [0, 0.1) is 5.92 Å². The van der Waals surface area contributed by atoms with Gasteiger partial charge in [-0.15, -0.1) is 0 Å². The molecule has 4 rings (SSSR count). The van der Waals surface area contributed by atoms with Gasteiger partial charge in [0.05, 0.1) is 7.11 Å². The van der Waals surface area contributed by atoms with Crippen molar-refractivity contribution in [1.82, 2.24) is 15.1 Å². The number of nitrogens with zero attached hydrogens (tertiary/aromatic N) is 2. The Labute approximate surface area is 144 Å². The Hall–Kier alpha value is -1.75. The van der Waals surface area contributed by atoms with Gasteiger partial charge in [-0.2, -0.15) is 0 Å². The van der Waals surface area contributed by atoms with Gasteiger partial charge in [-0.1, -0.05) is 6.07 Å². The van der Waals surface area contributed by atoms with Crippen molar-refractivity contribution >= 4 is 6.03 Å². The largest absolute Gasteiger partial charge is 0.497 e. The molecule has 0 radical (unpaired) electrons. The van der Waals surface area contributed by atoms with E-state index >= 15 is 0 Å². The number of carbonyl (C=O) groups excluding carboxylic acids is 1. The van der Waals surface area contributed by atoms with Crippen molar-refractivity contribution in [2.24, 2.45) is 5.92 Å². The minimum atomic E-state index is 0.0574. The molecule has 2 fully saturated rings. The fraction of sp³-hybridized carbons (Fsp3) is 0.632. The molecule has 2 saturated heterocycles. The first-order chi connectivity index (χ1) is 11.6. The topological polar surface area (TPSA) is 44.8 Å². The maximum absolute atomic E-state index is 12.2. The number of amides is 2. The van der Waals surface area contributed by atoms with Crippen LogP contribution < -0.4 is 10.1 Å². The molecule has 1 N–H and O–H groups in total. The predicted molar refractivity (Wildman–Crippen MR) is 93.5 cm³/mol. The van der Waals surface area contributed by atoms with Crippen molar-refractivity contribution in [2.75, 3.05) is 40.8 Å². The van der Waals surface area contributed by atoms with E-state index < -0.39 is 0 Å². The van der Waals surface area contributed by atoms with Gasteiger partial charge in [-0.25, -0.2) is 4.79 Å². The summed E-state index contributed by atoms with van der Waals surface area (Å²) in [5.41, 5.74) is 3.15. The zero-order valence-electron chi connectivity index (χ0n) is 14.8. The fourth-order valence-corrected chi connectivity index (χ4v) is 5.33. The molecule has 1 aromatic rings. The van der Waals surface area contributed by atoms with E-state index in [1.165, 1.54) is 17.5 Å². The lowest BCUT2D eigenvalue weighted by Gasteiger charge is -2.59. The summed E-state index contributed by atoms with van der Waals surface area (Å²) in [6, 6.07) is 7.18. The number of piperidine rings is 2. The van der Waals surface area contributed by atoms with Crippen molar-refractivity contribution in [3.8, 4) is 5.75 Å². The second kappa shape index (κ2) is 5.66. The Morgan fingerprint density at radius 3 is 2.88 bits per heavy atom. The molecule has 3 atom stereocenters. The number of fused-ring (bicyclic) bond motifs is 1. The highest BCUT2D eigenvalue weighted by atomic mass is 16.5. The minimum absolute atomic E-state index is 0.0574. The molecule has 1 aliphatic carbocycles. The van der Waals surface area contributed by atoms with Crippen LogP contribution in [0.4, 0.5) is 4.79 Å². The van der Waals surface area contributed by atoms with E-state index in [0.717, 1.165) is 38.2 Å². The average Bonchev–Trinajstić information content (AvgIpc) is 2.63. The van der Waals surface area contributed by atoms with E-state index in [2.05, 4.69) is 35.5 Å². The summed E-state index contributed by atoms with van der Waals surface area (Å²) in [5.74, 6) is 1.45. The quantitative estimate of drug-likeness (QED) is 0.855. The van der Waals surface area contributed by atoms with Crippen LogP contribution in [0.1, 0.15) is 24.0 Å². The first-order valence-corrected chi connectivity index (χ1v) is 8.93. The van der Waals surface area contributed by atoms with E-state index in [1.54, 1.807) is 14.2 Å². The van der Waals surface area contributed by atoms with Crippen molar-refractivity contribution in [1.29, 1.82) is 0 Å². The van der Waals surface area contributed by atoms with Crippen LogP contribution in [0.2, 0.25) is 0 Å². The molecule has 2 amide bonds. The van der Waals surface area contributed by atoms with E-state index in [0.29, 0.717) is 12.0 Å². The number of hydrogen-bond acceptors (Lipinski definition) is 3. The number of methoxy groups -OCH3 is 1. The molecule has 130 valence electrons. The Morgan fingerprint density at radius 2 is 2.12 bits per heavy atom. The van der Waals surface area contributed by atoms with Crippen LogP contribution in [-0.2, 0) is 11.8 Å². The second-order valence-electron chi connectivity index (χ2n) is 7.54. The Bertz CT molecular complexity index is 662. The van der Waals surface area contributed by atoms with Gasteiger partial charge in [-0.3, -0.25) is 0 Å². The van der Waals surface area contributed by atoms with Gasteiger partial charge >= 0.3 is 6.03 Å². The van der Waals surface area contributed by atoms with Gasteiger partial charge in [0, 0.05) is 37.5 Å². The monoisotopic (exact) mass is 329 g/mol. The smallest absolute Gasteiger partial charge is 0.317 e. The van der Waals surface area contributed by atoms with Crippen LogP contribution in [0.5, 0.6) is 5.75 Å². The molecular weight excluding hydrogens is 302 g/mol. The number of benzene rings is 1. The van der Waals surface area contributed by atoms with Crippen LogP contribution in [0.15, 0.2) is 18.2 Å². The normalized spacial score (nSPS) is 31.9. The highest BCUT2D eigenvalue weighted by Crippen LogP contribution is 2.53. The standard InChI is InChI=1S/C19H27N3O2/c1-20-18(23)22-9-7-19-6-8-21(2)17(16(19)12-22)10-13-4-5-14(24-3)11-15(13)19/h4-5,11,16-17H,6-10,12H2,1-3H3,(H,20,23)/t16-,17+,19+/m0/s1. The molecule has 5 nitrogen and oxygen atoms in total. The van der Waals surface area contributed by atoms with Gasteiger partial charge < -0.3 is 19.9 Å². The van der Waals surface area contributed by atoms with Gasteiger partial charge in [-0.05, 0) is 56.1 Å². The van der Waals surface area contributed by atoms with Crippen molar-refractivity contribution in [3.63, 3.8) is 0 Å². The number of carbonyl (C=O) groups is 1. The zero-order valence-corrected chi connectivity index (χ0v) is 14.8. The number of likely N-dealkylation sites (tertiary alicyclic amines) is 2. The van der Waals surface area contributed by atoms with Crippen molar-refractivity contribution < 1.29 is 9.53 Å². The van der Waals surface area contributed by atoms with Crippen LogP contribution >= 0.6 is 0 Å². The van der Waals surface area contributed by atoms with Crippen molar-refractivity contribution in [2.45, 2.75) is 30.7 Å². The average molecular weight is 329 g/mol. The number of urea groups is 1. The van der Waals surface area contributed by atoms with E-state index in [9.17, 15) is 4.79 Å². The molecule has 0 aromatic heterocycles. The lowest BCUT2D eigenvalue weighted by Crippen LogP contribution is -2.65. The Balaban J connectivity index is 1.78. The minimum Gasteiger partial charge on any atom is -0.497 e. The van der Waals surface area contributed by atoms with Gasteiger partial charge in [0.15, 0.2) is 0 Å². The highest BCUT2D eigenvalue weighted by molar-refractivity contribution is 5.74. The molecule has 2 heterocycles. The van der Waals surface area contributed by atoms with E-state index in [-0.39, 0.29) is 11.4 Å². The number of ether oxygens (including phenoxy) is 1. The van der Waals surface area contributed by atoms with Crippen LogP contribution in [-0.4, -0.2) is 62.7 Å². The SMILES string of the molecule is CNC(=O)N1CC[C@]23CCN(C)[C@H](Cc4ccc(OC)cc42)[C@@H]3C1. The number of nitrogens with one attached hydrogen (secondary N) is 1. The van der Waals surface area contributed by atoms with Gasteiger partial charge in [0.1, 0.15) is 5.75 Å². The van der Waals surface area contributed by atoms with Crippen LogP contribution in [0.3, 0.4) is 0 Å². The number of likely N-dealkylation sites (N-methyl/N-ethyl adjacent to an activating group) is 1. The first kappa shape index (κ1) is 15.8. The van der Waals surface area contributed by atoms with Gasteiger partial charge in [0.2, 0.25) is 0 Å². The second-order valence-corrected chi connectivity index (χ2v) is 7.54. The molecule has 0 spiro atoms. The molecular formula is C19H27N3O2. The third kappa shape index (κ3) is 2.14. The zero-order chi connectivity index (χ0) is 16.9. The Kier molecular flexibility index (Phi) is 3.71. The summed E-state index contributed by atoms with van der Waals surface area (Å²) in [6.07, 6.45) is 3.30. The summed E-state index contributed by atoms with van der Waals surface area (Å²) >= 11 is 0. The third-order valence-corrected chi connectivity index (χ3v) is 6.68. The van der Waals surface area contributed by atoms with Crippen molar-refractivity contribution in [3.05, 3.63) is 29.3 Å². The number of rotatable bonds is 1. The van der Waals surface area contributed by atoms with E-state index in [1.807, 2.05) is 4.90 Å². The van der Waals surface area contributed by atoms with Crippen LogP contribution in [0.25, 0.3) is 0 Å². The maximum Gasteiger partial charge on any atom is 0.317 e. The molecule has 24 heavy (non-hydrogen) atoms. The Morgan fingerprint density at radius 1 is 1.33 bits per heavy atom. The molecule has 3 aliphatic rings. The molecule has 2 aliphatic heterocycles. The molecule has 1 aromatic carbocycles. The molecule has 2 bridgehead atoms. The lowest BCUT2D eigenvalue weighted by molar-refractivity contribution is -0.0165. The molecule has 5 heteroatoms.